The predicted molar refractivity (Wildman–Crippen MR) is 77.6 cm³/mol. The van der Waals surface area contributed by atoms with Crippen LogP contribution in [0.3, 0.4) is 0 Å². The third kappa shape index (κ3) is 3.19. The van der Waals surface area contributed by atoms with Crippen LogP contribution in [-0.4, -0.2) is 48.8 Å². The molecule has 1 aromatic rings. The number of amides is 1. The topological polar surface area (TPSA) is 71.7 Å². The van der Waals surface area contributed by atoms with Crippen LogP contribution in [0.25, 0.3) is 0 Å². The highest BCUT2D eigenvalue weighted by Gasteiger charge is 2.24. The van der Waals surface area contributed by atoms with Crippen LogP contribution in [0, 0.1) is 0 Å². The maximum Gasteiger partial charge on any atom is 0.409 e. The van der Waals surface area contributed by atoms with E-state index in [1.807, 2.05) is 26.0 Å². The second-order valence-corrected chi connectivity index (χ2v) is 4.88. The first-order valence-electron chi connectivity index (χ1n) is 7.00. The van der Waals surface area contributed by atoms with Gasteiger partial charge >= 0.3 is 6.09 Å². The molecule has 0 aromatic carbocycles. The van der Waals surface area contributed by atoms with Crippen LogP contribution < -0.4 is 10.6 Å². The Morgan fingerprint density at radius 1 is 1.45 bits per heavy atom. The number of hydrogen-bond acceptors (Lipinski definition) is 5. The maximum absolute atomic E-state index is 11.7. The molecule has 6 nitrogen and oxygen atoms in total. The van der Waals surface area contributed by atoms with Gasteiger partial charge in [-0.3, -0.25) is 0 Å². The third-order valence-corrected chi connectivity index (χ3v) is 3.41. The molecule has 1 aliphatic heterocycles. The highest BCUT2D eigenvalue weighted by Crippen LogP contribution is 2.23. The van der Waals surface area contributed by atoms with Gasteiger partial charge in [0.1, 0.15) is 5.82 Å². The number of carbonyl (C=O) groups is 1. The summed E-state index contributed by atoms with van der Waals surface area (Å²) >= 11 is 0. The molecule has 0 unspecified atom stereocenters. The highest BCUT2D eigenvalue weighted by molar-refractivity contribution is 5.68. The van der Waals surface area contributed by atoms with Crippen LogP contribution in [0.15, 0.2) is 18.3 Å². The molecule has 1 aliphatic rings. The minimum Gasteiger partial charge on any atom is -0.450 e. The summed E-state index contributed by atoms with van der Waals surface area (Å²) in [4.78, 5) is 20.0. The molecular formula is C14H22N4O2. The van der Waals surface area contributed by atoms with Crippen molar-refractivity contribution >= 4 is 11.9 Å². The van der Waals surface area contributed by atoms with Crippen LogP contribution in [0.5, 0.6) is 0 Å². The smallest absolute Gasteiger partial charge is 0.409 e. The summed E-state index contributed by atoms with van der Waals surface area (Å²) < 4.78 is 5.02. The molecule has 0 bridgehead atoms. The van der Waals surface area contributed by atoms with Crippen molar-refractivity contribution in [1.29, 1.82) is 0 Å². The second kappa shape index (κ2) is 6.56. The lowest BCUT2D eigenvalue weighted by atomic mass is 10.1. The van der Waals surface area contributed by atoms with Crippen molar-refractivity contribution in [2.24, 2.45) is 5.73 Å². The van der Waals surface area contributed by atoms with Crippen molar-refractivity contribution < 1.29 is 9.53 Å². The number of pyridine rings is 1. The third-order valence-electron chi connectivity index (χ3n) is 3.41. The maximum atomic E-state index is 11.7. The zero-order chi connectivity index (χ0) is 14.5. The van der Waals surface area contributed by atoms with Gasteiger partial charge in [0.2, 0.25) is 0 Å². The van der Waals surface area contributed by atoms with E-state index >= 15 is 0 Å². The summed E-state index contributed by atoms with van der Waals surface area (Å²) in [5, 5.41) is 0. The minimum atomic E-state index is -0.236. The fraction of sp³-hybridized carbons (Fsp3) is 0.571. The highest BCUT2D eigenvalue weighted by atomic mass is 16.6. The Morgan fingerprint density at radius 2 is 2.15 bits per heavy atom. The number of aromatic nitrogens is 1. The Kier molecular flexibility index (Phi) is 4.79. The zero-order valence-corrected chi connectivity index (χ0v) is 12.1. The molecule has 1 amide bonds. The van der Waals surface area contributed by atoms with E-state index < -0.39 is 0 Å². The fourth-order valence-corrected chi connectivity index (χ4v) is 2.34. The minimum absolute atomic E-state index is 0.0539. The summed E-state index contributed by atoms with van der Waals surface area (Å²) in [6.45, 7) is 6.97. The quantitative estimate of drug-likeness (QED) is 0.904. The Balaban J connectivity index is 2.02. The van der Waals surface area contributed by atoms with Crippen molar-refractivity contribution in [3.05, 3.63) is 23.9 Å². The van der Waals surface area contributed by atoms with Gasteiger partial charge < -0.3 is 20.3 Å². The van der Waals surface area contributed by atoms with Crippen molar-refractivity contribution in [3.8, 4) is 0 Å². The van der Waals surface area contributed by atoms with E-state index in [1.54, 1.807) is 11.1 Å². The average Bonchev–Trinajstić information content (AvgIpc) is 2.47. The summed E-state index contributed by atoms with van der Waals surface area (Å²) in [6, 6.07) is 3.85. The van der Waals surface area contributed by atoms with Crippen molar-refractivity contribution in [1.82, 2.24) is 9.88 Å². The molecule has 0 spiro atoms. The molecule has 1 atom stereocenters. The Morgan fingerprint density at radius 3 is 2.75 bits per heavy atom. The fourth-order valence-electron chi connectivity index (χ4n) is 2.34. The predicted octanol–water partition coefficient (Wildman–Crippen LogP) is 1.38. The standard InChI is InChI=1S/C14H22N4O2/c1-3-20-14(19)18-9-7-17(8-10-18)13-12(11(2)15)5-4-6-16-13/h4-6,11H,3,7-10,15H2,1-2H3/t11-/m1/s1. The van der Waals surface area contributed by atoms with Crippen LogP contribution >= 0.6 is 0 Å². The largest absolute Gasteiger partial charge is 0.450 e. The molecule has 2 N–H and O–H groups in total. The molecule has 110 valence electrons. The van der Waals surface area contributed by atoms with Crippen LogP contribution in [0.2, 0.25) is 0 Å². The van der Waals surface area contributed by atoms with E-state index in [0.717, 1.165) is 24.5 Å². The van der Waals surface area contributed by atoms with Crippen molar-refractivity contribution in [2.75, 3.05) is 37.7 Å². The molecule has 6 heteroatoms. The average molecular weight is 278 g/mol. The first kappa shape index (κ1) is 14.6. The molecular weight excluding hydrogens is 256 g/mol. The first-order chi connectivity index (χ1) is 9.63. The number of nitrogens with two attached hydrogens (primary N) is 1. The van der Waals surface area contributed by atoms with Crippen LogP contribution in [-0.2, 0) is 4.74 Å². The lowest BCUT2D eigenvalue weighted by Crippen LogP contribution is -2.49. The van der Waals surface area contributed by atoms with Crippen LogP contribution in [0.1, 0.15) is 25.5 Å². The summed E-state index contributed by atoms with van der Waals surface area (Å²) in [5.41, 5.74) is 7.02. The van der Waals surface area contributed by atoms with Gasteiger partial charge in [0.25, 0.3) is 0 Å². The number of rotatable bonds is 3. The monoisotopic (exact) mass is 278 g/mol. The second-order valence-electron chi connectivity index (χ2n) is 4.88. The SMILES string of the molecule is CCOC(=O)N1CCN(c2ncccc2[C@@H](C)N)CC1. The van der Waals surface area contributed by atoms with Gasteiger partial charge in [-0.05, 0) is 19.9 Å². The Hall–Kier alpha value is -1.82. The van der Waals surface area contributed by atoms with Gasteiger partial charge in [-0.2, -0.15) is 0 Å². The van der Waals surface area contributed by atoms with Gasteiger partial charge in [0, 0.05) is 44.0 Å². The van der Waals surface area contributed by atoms with E-state index in [1.165, 1.54) is 0 Å². The summed E-state index contributed by atoms with van der Waals surface area (Å²) in [6.07, 6.45) is 1.54. The lowest BCUT2D eigenvalue weighted by Gasteiger charge is -2.35. The van der Waals surface area contributed by atoms with Crippen molar-refractivity contribution in [3.63, 3.8) is 0 Å². The normalized spacial score (nSPS) is 16.9. The Labute approximate surface area is 119 Å². The summed E-state index contributed by atoms with van der Waals surface area (Å²) in [5.74, 6) is 0.922. The number of anilines is 1. The van der Waals surface area contributed by atoms with Gasteiger partial charge in [-0.15, -0.1) is 0 Å². The van der Waals surface area contributed by atoms with Crippen molar-refractivity contribution in [2.45, 2.75) is 19.9 Å². The number of carbonyl (C=O) groups excluding carboxylic acids is 1. The number of nitrogens with zero attached hydrogens (tertiary/aromatic N) is 3. The number of hydrogen-bond donors (Lipinski definition) is 1. The van der Waals surface area contributed by atoms with Gasteiger partial charge in [-0.1, -0.05) is 6.07 Å². The van der Waals surface area contributed by atoms with Gasteiger partial charge in [0.05, 0.1) is 6.61 Å². The Bertz CT molecular complexity index is 456. The van der Waals surface area contributed by atoms with E-state index in [0.29, 0.717) is 19.7 Å². The van der Waals surface area contributed by atoms with Crippen LogP contribution in [0.4, 0.5) is 10.6 Å². The van der Waals surface area contributed by atoms with Gasteiger partial charge in [-0.25, -0.2) is 9.78 Å². The zero-order valence-electron chi connectivity index (χ0n) is 12.1. The number of ether oxygens (including phenoxy) is 1. The number of piperazine rings is 1. The molecule has 2 heterocycles. The molecule has 1 fully saturated rings. The molecule has 0 saturated carbocycles. The molecule has 1 saturated heterocycles. The molecule has 0 aliphatic carbocycles. The molecule has 0 radical (unpaired) electrons. The molecule has 1 aromatic heterocycles. The lowest BCUT2D eigenvalue weighted by molar-refractivity contribution is 0.105. The van der Waals surface area contributed by atoms with E-state index in [9.17, 15) is 4.79 Å². The first-order valence-corrected chi connectivity index (χ1v) is 7.00. The van der Waals surface area contributed by atoms with E-state index in [2.05, 4.69) is 9.88 Å². The van der Waals surface area contributed by atoms with Gasteiger partial charge in [0.15, 0.2) is 0 Å². The van der Waals surface area contributed by atoms with E-state index in [4.69, 9.17) is 10.5 Å². The molecule has 2 rings (SSSR count). The molecule has 20 heavy (non-hydrogen) atoms. The van der Waals surface area contributed by atoms with E-state index in [-0.39, 0.29) is 12.1 Å². The summed E-state index contributed by atoms with van der Waals surface area (Å²) in [7, 11) is 0.